The van der Waals surface area contributed by atoms with Crippen LogP contribution in [-0.4, -0.2) is 23.4 Å². The van der Waals surface area contributed by atoms with Gasteiger partial charge in [0, 0.05) is 12.5 Å². The fraction of sp³-hybridized carbons (Fsp3) is 0.333. The number of fused-ring (bicyclic) bond motifs is 1. The summed E-state index contributed by atoms with van der Waals surface area (Å²) in [5.74, 6) is 0.567. The molecule has 2 aliphatic rings. The molecule has 1 aliphatic heterocycles. The van der Waals surface area contributed by atoms with Crippen molar-refractivity contribution < 1.29 is 14.3 Å². The van der Waals surface area contributed by atoms with E-state index in [0.717, 1.165) is 12.8 Å². The fourth-order valence-electron chi connectivity index (χ4n) is 2.71. The van der Waals surface area contributed by atoms with Crippen molar-refractivity contribution >= 4 is 12.0 Å². The van der Waals surface area contributed by atoms with Crippen LogP contribution in [-0.2, 0) is 4.79 Å². The summed E-state index contributed by atoms with van der Waals surface area (Å²) in [4.78, 5) is 25.4. The summed E-state index contributed by atoms with van der Waals surface area (Å²) in [5.41, 5.74) is 0. The maximum absolute atomic E-state index is 12.2. The minimum absolute atomic E-state index is 0.0478. The van der Waals surface area contributed by atoms with E-state index in [4.69, 9.17) is 4.74 Å². The van der Waals surface area contributed by atoms with Crippen LogP contribution in [0.15, 0.2) is 42.5 Å². The van der Waals surface area contributed by atoms with Crippen molar-refractivity contribution in [2.45, 2.75) is 12.8 Å². The average Bonchev–Trinajstić information content (AvgIpc) is 2.78. The molecule has 0 N–H and O–H groups in total. The van der Waals surface area contributed by atoms with Crippen LogP contribution in [0.25, 0.3) is 0 Å². The predicted molar refractivity (Wildman–Crippen MR) is 69.5 cm³/mol. The van der Waals surface area contributed by atoms with Gasteiger partial charge in [0.2, 0.25) is 5.91 Å². The molecule has 1 heterocycles. The Kier molecular flexibility index (Phi) is 3.07. The number of para-hydroxylation sites is 1. The van der Waals surface area contributed by atoms with Crippen LogP contribution in [0.1, 0.15) is 12.8 Å². The van der Waals surface area contributed by atoms with Crippen molar-refractivity contribution in [3.8, 4) is 5.75 Å². The number of nitrogens with zero attached hydrogens (tertiary/aromatic N) is 1. The van der Waals surface area contributed by atoms with E-state index in [0.29, 0.717) is 12.3 Å². The number of benzene rings is 1. The molecule has 1 fully saturated rings. The first-order chi connectivity index (χ1) is 9.25. The van der Waals surface area contributed by atoms with Crippen LogP contribution in [0.2, 0.25) is 0 Å². The van der Waals surface area contributed by atoms with Crippen molar-refractivity contribution in [2.24, 2.45) is 11.8 Å². The van der Waals surface area contributed by atoms with Crippen LogP contribution in [0, 0.1) is 11.8 Å². The summed E-state index contributed by atoms with van der Waals surface area (Å²) in [6.07, 6.45) is 5.14. The molecule has 1 aromatic rings. The van der Waals surface area contributed by atoms with E-state index in [1.165, 1.54) is 4.90 Å². The van der Waals surface area contributed by atoms with Gasteiger partial charge in [-0.1, -0.05) is 30.4 Å². The quantitative estimate of drug-likeness (QED) is 0.726. The maximum Gasteiger partial charge on any atom is 0.422 e. The zero-order chi connectivity index (χ0) is 13.2. The Morgan fingerprint density at radius 1 is 1.16 bits per heavy atom. The molecule has 4 heteroatoms. The van der Waals surface area contributed by atoms with E-state index < -0.39 is 6.09 Å². The molecule has 1 aliphatic carbocycles. The van der Waals surface area contributed by atoms with Gasteiger partial charge in [0.25, 0.3) is 0 Å². The number of carbonyl (C=O) groups is 2. The number of likely N-dealkylation sites (tertiary alicyclic amines) is 1. The Morgan fingerprint density at radius 2 is 1.89 bits per heavy atom. The normalized spacial score (nSPS) is 25.3. The van der Waals surface area contributed by atoms with E-state index in [2.05, 4.69) is 6.08 Å². The van der Waals surface area contributed by atoms with E-state index >= 15 is 0 Å². The molecule has 4 nitrogen and oxygen atoms in total. The lowest BCUT2D eigenvalue weighted by Crippen LogP contribution is -2.36. The Labute approximate surface area is 111 Å². The van der Waals surface area contributed by atoms with Crippen molar-refractivity contribution in [3.05, 3.63) is 42.5 Å². The number of hydrogen-bond donors (Lipinski definition) is 0. The highest BCUT2D eigenvalue weighted by Crippen LogP contribution is 2.34. The van der Waals surface area contributed by atoms with Gasteiger partial charge in [-0.15, -0.1) is 0 Å². The third-order valence-electron chi connectivity index (χ3n) is 3.73. The highest BCUT2D eigenvalue weighted by Gasteiger charge is 2.43. The summed E-state index contributed by atoms with van der Waals surface area (Å²) in [6, 6.07) is 8.83. The standard InChI is InChI=1S/C15H15NO3/c17-14-13-9-5-4-6-11(13)10-16(14)15(18)19-12-7-2-1-3-8-12/h1-5,7-8,11,13H,6,9-10H2/t11-,13-/m1/s1. The topological polar surface area (TPSA) is 46.6 Å². The first-order valence-electron chi connectivity index (χ1n) is 6.49. The Balaban J connectivity index is 1.70. The van der Waals surface area contributed by atoms with Gasteiger partial charge in [-0.3, -0.25) is 4.79 Å². The molecule has 0 saturated carbocycles. The van der Waals surface area contributed by atoms with Gasteiger partial charge in [-0.2, -0.15) is 0 Å². The first kappa shape index (κ1) is 12.0. The Bertz CT molecular complexity index is 523. The summed E-state index contributed by atoms with van der Waals surface area (Å²) < 4.78 is 5.22. The lowest BCUT2D eigenvalue weighted by atomic mass is 9.86. The molecule has 1 aromatic carbocycles. The number of allylic oxidation sites excluding steroid dienone is 2. The van der Waals surface area contributed by atoms with Gasteiger partial charge >= 0.3 is 6.09 Å². The summed E-state index contributed by atoms with van der Waals surface area (Å²) in [6.45, 7) is 0.472. The highest BCUT2D eigenvalue weighted by molar-refractivity contribution is 5.96. The van der Waals surface area contributed by atoms with Gasteiger partial charge in [0.15, 0.2) is 0 Å². The number of rotatable bonds is 1. The monoisotopic (exact) mass is 257 g/mol. The summed E-state index contributed by atoms with van der Waals surface area (Å²) in [7, 11) is 0. The fourth-order valence-corrected chi connectivity index (χ4v) is 2.71. The van der Waals surface area contributed by atoms with Gasteiger partial charge in [0.1, 0.15) is 5.75 Å². The van der Waals surface area contributed by atoms with Crippen LogP contribution >= 0.6 is 0 Å². The van der Waals surface area contributed by atoms with E-state index in [1.807, 2.05) is 12.1 Å². The molecule has 2 amide bonds. The SMILES string of the molecule is O=C(Oc1ccccc1)N1C[C@H]2CC=CC[C@H]2C1=O. The third-order valence-corrected chi connectivity index (χ3v) is 3.73. The Morgan fingerprint density at radius 3 is 2.63 bits per heavy atom. The molecule has 0 unspecified atom stereocenters. The van der Waals surface area contributed by atoms with E-state index in [-0.39, 0.29) is 17.7 Å². The molecule has 19 heavy (non-hydrogen) atoms. The number of hydrogen-bond acceptors (Lipinski definition) is 3. The second kappa shape index (κ2) is 4.88. The first-order valence-corrected chi connectivity index (χ1v) is 6.49. The third kappa shape index (κ3) is 2.26. The predicted octanol–water partition coefficient (Wildman–Crippen LogP) is 2.61. The molecule has 1 saturated heterocycles. The van der Waals surface area contributed by atoms with E-state index in [1.54, 1.807) is 24.3 Å². The molecule has 3 rings (SSSR count). The number of ether oxygens (including phenoxy) is 1. The molecule has 0 bridgehead atoms. The van der Waals surface area contributed by atoms with Gasteiger partial charge in [-0.25, -0.2) is 9.69 Å². The zero-order valence-corrected chi connectivity index (χ0v) is 10.5. The summed E-state index contributed by atoms with van der Waals surface area (Å²) >= 11 is 0. The molecular formula is C15H15NO3. The second-order valence-corrected chi connectivity index (χ2v) is 4.94. The molecule has 0 aromatic heterocycles. The molecule has 98 valence electrons. The van der Waals surface area contributed by atoms with Gasteiger partial charge in [-0.05, 0) is 30.9 Å². The maximum atomic E-state index is 12.2. The molecule has 0 spiro atoms. The molecular weight excluding hydrogens is 242 g/mol. The van der Waals surface area contributed by atoms with Crippen molar-refractivity contribution in [2.75, 3.05) is 6.54 Å². The average molecular weight is 257 g/mol. The van der Waals surface area contributed by atoms with Crippen molar-refractivity contribution in [3.63, 3.8) is 0 Å². The number of amides is 2. The van der Waals surface area contributed by atoms with Crippen LogP contribution in [0.5, 0.6) is 5.75 Å². The lowest BCUT2D eigenvalue weighted by Gasteiger charge is -2.16. The van der Waals surface area contributed by atoms with Crippen LogP contribution in [0.3, 0.4) is 0 Å². The van der Waals surface area contributed by atoms with E-state index in [9.17, 15) is 9.59 Å². The zero-order valence-electron chi connectivity index (χ0n) is 10.5. The largest absolute Gasteiger partial charge is 0.422 e. The Hall–Kier alpha value is -2.10. The number of imide groups is 1. The lowest BCUT2D eigenvalue weighted by molar-refractivity contribution is -0.129. The van der Waals surface area contributed by atoms with Gasteiger partial charge in [0.05, 0.1) is 0 Å². The summed E-state index contributed by atoms with van der Waals surface area (Å²) in [5, 5.41) is 0. The van der Waals surface area contributed by atoms with Crippen LogP contribution in [0.4, 0.5) is 4.79 Å². The molecule has 0 radical (unpaired) electrons. The smallest absolute Gasteiger partial charge is 0.410 e. The highest BCUT2D eigenvalue weighted by atomic mass is 16.6. The molecule has 2 atom stereocenters. The van der Waals surface area contributed by atoms with Crippen molar-refractivity contribution in [1.82, 2.24) is 4.90 Å². The minimum Gasteiger partial charge on any atom is -0.410 e. The number of carbonyl (C=O) groups excluding carboxylic acids is 2. The minimum atomic E-state index is -0.564. The second-order valence-electron chi connectivity index (χ2n) is 4.94. The van der Waals surface area contributed by atoms with Crippen LogP contribution < -0.4 is 4.74 Å². The van der Waals surface area contributed by atoms with Crippen molar-refractivity contribution in [1.29, 1.82) is 0 Å². The van der Waals surface area contributed by atoms with Gasteiger partial charge < -0.3 is 4.74 Å².